The Labute approximate surface area is 168 Å². The van der Waals surface area contributed by atoms with Crippen LogP contribution in [0.4, 0.5) is 10.2 Å². The van der Waals surface area contributed by atoms with Crippen LogP contribution in [0.15, 0.2) is 42.5 Å². The lowest BCUT2D eigenvalue weighted by molar-refractivity contribution is -0.116. The topological polar surface area (TPSA) is 59.8 Å². The second-order valence-electron chi connectivity index (χ2n) is 6.66. The molecule has 3 heterocycles. The Morgan fingerprint density at radius 3 is 2.82 bits per heavy atom. The molecule has 0 saturated heterocycles. The lowest BCUT2D eigenvalue weighted by Gasteiger charge is -2.25. The predicted molar refractivity (Wildman–Crippen MR) is 108 cm³/mol. The number of carbonyl (C=O) groups is 1. The Morgan fingerprint density at radius 2 is 2.04 bits per heavy atom. The van der Waals surface area contributed by atoms with Gasteiger partial charge in [0.05, 0.1) is 15.9 Å². The normalized spacial score (nSPS) is 16.2. The molecule has 5 rings (SSSR count). The quantitative estimate of drug-likeness (QED) is 0.500. The van der Waals surface area contributed by atoms with Gasteiger partial charge in [-0.05, 0) is 31.2 Å². The van der Waals surface area contributed by atoms with Gasteiger partial charge < -0.3 is 5.32 Å². The number of amides is 1. The second-order valence-corrected chi connectivity index (χ2v) is 8.08. The number of hydrogen-bond donors (Lipinski definition) is 1. The van der Waals surface area contributed by atoms with Gasteiger partial charge in [0, 0.05) is 28.5 Å². The number of carbonyl (C=O) groups excluding carboxylic acids is 1. The Balaban J connectivity index is 1.72. The molecule has 1 N–H and O–H groups in total. The number of rotatable bonds is 2. The van der Waals surface area contributed by atoms with Crippen LogP contribution in [0, 0.1) is 12.7 Å². The highest BCUT2D eigenvalue weighted by atomic mass is 35.5. The average molecular weight is 413 g/mol. The summed E-state index contributed by atoms with van der Waals surface area (Å²) in [6, 6.07) is 12.3. The highest BCUT2D eigenvalue weighted by Gasteiger charge is 2.35. The Hall–Kier alpha value is -2.77. The summed E-state index contributed by atoms with van der Waals surface area (Å²) in [5.41, 5.74) is 2.66. The number of para-hydroxylation sites is 1. The maximum absolute atomic E-state index is 14.6. The average Bonchev–Trinajstić information content (AvgIpc) is 3.22. The molecule has 1 aliphatic heterocycles. The maximum atomic E-state index is 14.6. The molecular formula is C20H14ClFN4OS. The first kappa shape index (κ1) is 17.3. The van der Waals surface area contributed by atoms with E-state index in [1.807, 2.05) is 31.2 Å². The van der Waals surface area contributed by atoms with Gasteiger partial charge in [-0.1, -0.05) is 41.1 Å². The number of nitrogens with zero attached hydrogens (tertiary/aromatic N) is 3. The number of aromatic nitrogens is 3. The molecule has 0 radical (unpaired) electrons. The Morgan fingerprint density at radius 1 is 1.21 bits per heavy atom. The number of aryl methyl sites for hydroxylation is 1. The fourth-order valence-corrected chi connectivity index (χ4v) is 4.95. The number of thiazole rings is 1. The molecule has 0 bridgehead atoms. The van der Waals surface area contributed by atoms with E-state index in [2.05, 4.69) is 15.4 Å². The number of hydrogen-bond acceptors (Lipinski definition) is 4. The zero-order chi connectivity index (χ0) is 19.4. The van der Waals surface area contributed by atoms with Gasteiger partial charge in [-0.3, -0.25) is 4.79 Å². The molecule has 0 saturated carbocycles. The zero-order valence-corrected chi connectivity index (χ0v) is 16.3. The van der Waals surface area contributed by atoms with Gasteiger partial charge in [-0.15, -0.1) is 0 Å². The molecule has 28 heavy (non-hydrogen) atoms. The van der Waals surface area contributed by atoms with Crippen LogP contribution in [0.25, 0.3) is 15.3 Å². The van der Waals surface area contributed by atoms with E-state index in [9.17, 15) is 9.18 Å². The minimum Gasteiger partial charge on any atom is -0.310 e. The van der Waals surface area contributed by atoms with E-state index in [4.69, 9.17) is 11.6 Å². The van der Waals surface area contributed by atoms with E-state index in [0.29, 0.717) is 27.2 Å². The summed E-state index contributed by atoms with van der Waals surface area (Å²) in [5, 5.41) is 8.45. The molecule has 0 aliphatic carbocycles. The van der Waals surface area contributed by atoms with E-state index in [1.54, 1.807) is 16.8 Å². The summed E-state index contributed by atoms with van der Waals surface area (Å²) in [6.45, 7) is 1.85. The summed E-state index contributed by atoms with van der Waals surface area (Å²) < 4.78 is 17.3. The van der Waals surface area contributed by atoms with E-state index in [1.165, 1.54) is 17.4 Å². The molecule has 1 atom stereocenters. The number of benzene rings is 2. The van der Waals surface area contributed by atoms with Gasteiger partial charge in [0.15, 0.2) is 0 Å². The molecule has 8 heteroatoms. The summed E-state index contributed by atoms with van der Waals surface area (Å²) in [6.07, 6.45) is 0.111. The number of anilines is 1. The van der Waals surface area contributed by atoms with E-state index in [-0.39, 0.29) is 12.3 Å². The van der Waals surface area contributed by atoms with Crippen molar-refractivity contribution in [1.29, 1.82) is 0 Å². The van der Waals surface area contributed by atoms with Crippen LogP contribution in [-0.4, -0.2) is 20.7 Å². The molecular weight excluding hydrogens is 399 g/mol. The molecule has 140 valence electrons. The van der Waals surface area contributed by atoms with Crippen LogP contribution < -0.4 is 5.32 Å². The number of fused-ring (bicyclic) bond motifs is 2. The molecule has 0 fully saturated rings. The van der Waals surface area contributed by atoms with Gasteiger partial charge >= 0.3 is 0 Å². The highest BCUT2D eigenvalue weighted by Crippen LogP contribution is 2.43. The fourth-order valence-electron chi connectivity index (χ4n) is 3.73. The van der Waals surface area contributed by atoms with Gasteiger partial charge in [0.25, 0.3) is 0 Å². The monoisotopic (exact) mass is 412 g/mol. The minimum absolute atomic E-state index is 0.111. The molecule has 4 aromatic rings. The smallest absolute Gasteiger partial charge is 0.226 e. The van der Waals surface area contributed by atoms with Crippen molar-refractivity contribution >= 4 is 44.9 Å². The van der Waals surface area contributed by atoms with Crippen molar-refractivity contribution in [3.05, 3.63) is 70.1 Å². The molecule has 2 aromatic heterocycles. The third-order valence-corrected chi connectivity index (χ3v) is 6.26. The molecule has 5 nitrogen and oxygen atoms in total. The first-order chi connectivity index (χ1) is 13.5. The van der Waals surface area contributed by atoms with Crippen molar-refractivity contribution in [3.63, 3.8) is 0 Å². The predicted octanol–water partition coefficient (Wildman–Crippen LogP) is 5.06. The van der Waals surface area contributed by atoms with Gasteiger partial charge in [0.2, 0.25) is 11.0 Å². The van der Waals surface area contributed by atoms with Crippen molar-refractivity contribution in [2.45, 2.75) is 19.3 Å². The van der Waals surface area contributed by atoms with Crippen molar-refractivity contribution < 1.29 is 9.18 Å². The number of halogens is 2. The summed E-state index contributed by atoms with van der Waals surface area (Å²) in [5.74, 6) is -0.609. The van der Waals surface area contributed by atoms with Crippen LogP contribution in [0.5, 0.6) is 0 Å². The van der Waals surface area contributed by atoms with Crippen LogP contribution in [-0.2, 0) is 4.79 Å². The Kier molecular flexibility index (Phi) is 3.96. The number of nitrogens with one attached hydrogen (secondary N) is 1. The Bertz CT molecular complexity index is 1200. The highest BCUT2D eigenvalue weighted by molar-refractivity contribution is 7.20. The molecule has 2 aromatic carbocycles. The van der Waals surface area contributed by atoms with Crippen molar-refractivity contribution in [2.75, 3.05) is 5.32 Å². The minimum atomic E-state index is -0.499. The first-order valence-electron chi connectivity index (χ1n) is 8.72. The second kappa shape index (κ2) is 6.39. The van der Waals surface area contributed by atoms with Crippen LogP contribution in [0.3, 0.4) is 0 Å². The van der Waals surface area contributed by atoms with Crippen LogP contribution >= 0.6 is 22.9 Å². The van der Waals surface area contributed by atoms with E-state index >= 15 is 0 Å². The lowest BCUT2D eigenvalue weighted by Crippen LogP contribution is -2.25. The zero-order valence-electron chi connectivity index (χ0n) is 14.7. The first-order valence-corrected chi connectivity index (χ1v) is 9.91. The molecule has 0 unspecified atom stereocenters. The fraction of sp³-hybridized carbons (Fsp3) is 0.150. The maximum Gasteiger partial charge on any atom is 0.226 e. The molecule has 0 spiro atoms. The largest absolute Gasteiger partial charge is 0.310 e. The van der Waals surface area contributed by atoms with Crippen LogP contribution in [0.2, 0.25) is 5.02 Å². The van der Waals surface area contributed by atoms with E-state index in [0.717, 1.165) is 15.8 Å². The van der Waals surface area contributed by atoms with Crippen molar-refractivity contribution in [3.8, 4) is 5.13 Å². The lowest BCUT2D eigenvalue weighted by atomic mass is 9.85. The summed E-state index contributed by atoms with van der Waals surface area (Å²) in [7, 11) is 0. The van der Waals surface area contributed by atoms with Crippen molar-refractivity contribution in [1.82, 2.24) is 14.8 Å². The molecule has 1 aliphatic rings. The summed E-state index contributed by atoms with van der Waals surface area (Å²) >= 11 is 7.78. The SMILES string of the molecule is Cc1nn(-c2nc3ccccc3s2)c2c1[C@H](c1c(F)cccc1Cl)CC(=O)N2. The van der Waals surface area contributed by atoms with E-state index < -0.39 is 11.7 Å². The summed E-state index contributed by atoms with van der Waals surface area (Å²) in [4.78, 5) is 17.1. The van der Waals surface area contributed by atoms with Gasteiger partial charge in [0.1, 0.15) is 11.6 Å². The third-order valence-electron chi connectivity index (χ3n) is 4.91. The molecule has 1 amide bonds. The third kappa shape index (κ3) is 2.62. The van der Waals surface area contributed by atoms with Crippen molar-refractivity contribution in [2.24, 2.45) is 0 Å². The van der Waals surface area contributed by atoms with Gasteiger partial charge in [-0.2, -0.15) is 9.78 Å². The van der Waals surface area contributed by atoms with Crippen LogP contribution in [0.1, 0.15) is 29.2 Å². The standard InChI is InChI=1S/C20H14ClFN4OS/c1-10-17-11(18-12(21)5-4-6-13(18)22)9-16(27)24-19(17)26(25-10)20-23-14-7-2-3-8-15(14)28-20/h2-8,11H,9H2,1H3,(H,24,27)/t11-/m1/s1. The van der Waals surface area contributed by atoms with Gasteiger partial charge in [-0.25, -0.2) is 9.37 Å².